The quantitative estimate of drug-likeness (QED) is 0.865. The van der Waals surface area contributed by atoms with Gasteiger partial charge in [-0.25, -0.2) is 4.39 Å². The van der Waals surface area contributed by atoms with E-state index in [1.807, 2.05) is 23.1 Å². The number of carbonyl (C=O) groups excluding carboxylic acids is 1. The first-order valence-corrected chi connectivity index (χ1v) is 8.14. The molecule has 0 bridgehead atoms. The summed E-state index contributed by atoms with van der Waals surface area (Å²) in [6, 6.07) is 15.9. The molecule has 126 valence electrons. The Kier molecular flexibility index (Phi) is 4.99. The second-order valence-electron chi connectivity index (χ2n) is 5.86. The molecule has 2 aromatic rings. The van der Waals surface area contributed by atoms with Crippen LogP contribution in [-0.4, -0.2) is 43.1 Å². The molecule has 0 radical (unpaired) electrons. The summed E-state index contributed by atoms with van der Waals surface area (Å²) in [6.07, 6.45) is -0.585. The molecule has 4 nitrogen and oxygen atoms in total. The van der Waals surface area contributed by atoms with Crippen molar-refractivity contribution in [3.63, 3.8) is 0 Å². The number of nitrogens with zero attached hydrogens (tertiary/aromatic N) is 2. The third kappa shape index (κ3) is 3.85. The minimum absolute atomic E-state index is 0.0352. The number of piperazine rings is 1. The van der Waals surface area contributed by atoms with E-state index in [1.54, 1.807) is 6.92 Å². The Hall–Kier alpha value is -2.56. The molecule has 24 heavy (non-hydrogen) atoms. The van der Waals surface area contributed by atoms with Gasteiger partial charge in [0.15, 0.2) is 6.10 Å². The van der Waals surface area contributed by atoms with Crippen molar-refractivity contribution in [3.8, 4) is 5.75 Å². The molecule has 1 aliphatic heterocycles. The van der Waals surface area contributed by atoms with Gasteiger partial charge in [0.2, 0.25) is 0 Å². The average Bonchev–Trinajstić information content (AvgIpc) is 2.64. The van der Waals surface area contributed by atoms with E-state index in [1.165, 1.54) is 30.0 Å². The van der Waals surface area contributed by atoms with Gasteiger partial charge in [-0.2, -0.15) is 0 Å². The highest BCUT2D eigenvalue weighted by Gasteiger charge is 2.26. The lowest BCUT2D eigenvalue weighted by molar-refractivity contribution is -0.138. The number of amides is 1. The van der Waals surface area contributed by atoms with Gasteiger partial charge in [0.25, 0.3) is 5.91 Å². The van der Waals surface area contributed by atoms with Gasteiger partial charge in [0, 0.05) is 31.9 Å². The van der Waals surface area contributed by atoms with Crippen molar-refractivity contribution in [2.24, 2.45) is 0 Å². The lowest BCUT2D eigenvalue weighted by Gasteiger charge is -2.37. The minimum atomic E-state index is -0.585. The molecule has 3 rings (SSSR count). The van der Waals surface area contributed by atoms with E-state index in [4.69, 9.17) is 4.74 Å². The number of carbonyl (C=O) groups is 1. The number of hydrogen-bond donors (Lipinski definition) is 0. The Labute approximate surface area is 141 Å². The second kappa shape index (κ2) is 7.34. The van der Waals surface area contributed by atoms with Crippen LogP contribution in [0.2, 0.25) is 0 Å². The SMILES string of the molecule is CC(Oc1ccc(F)cc1)C(=O)N1CCN(c2ccccc2)CC1. The third-order valence-electron chi connectivity index (χ3n) is 4.19. The molecular formula is C19H21FN2O2. The number of benzene rings is 2. The zero-order chi connectivity index (χ0) is 16.9. The number of ether oxygens (including phenoxy) is 1. The highest BCUT2D eigenvalue weighted by Crippen LogP contribution is 2.17. The van der Waals surface area contributed by atoms with Crippen molar-refractivity contribution < 1.29 is 13.9 Å². The number of para-hydroxylation sites is 1. The van der Waals surface area contributed by atoms with Crippen LogP contribution in [0, 0.1) is 5.82 Å². The minimum Gasteiger partial charge on any atom is -0.481 e. The van der Waals surface area contributed by atoms with Crippen molar-refractivity contribution in [2.45, 2.75) is 13.0 Å². The van der Waals surface area contributed by atoms with Crippen LogP contribution in [-0.2, 0) is 4.79 Å². The maximum absolute atomic E-state index is 12.9. The number of anilines is 1. The van der Waals surface area contributed by atoms with Gasteiger partial charge in [-0.05, 0) is 43.3 Å². The zero-order valence-corrected chi connectivity index (χ0v) is 13.7. The average molecular weight is 328 g/mol. The molecule has 0 spiro atoms. The monoisotopic (exact) mass is 328 g/mol. The van der Waals surface area contributed by atoms with Gasteiger partial charge in [-0.1, -0.05) is 18.2 Å². The number of hydrogen-bond acceptors (Lipinski definition) is 3. The van der Waals surface area contributed by atoms with Gasteiger partial charge in [0.05, 0.1) is 0 Å². The lowest BCUT2D eigenvalue weighted by Crippen LogP contribution is -2.52. The van der Waals surface area contributed by atoms with E-state index in [9.17, 15) is 9.18 Å². The van der Waals surface area contributed by atoms with Crippen molar-refractivity contribution in [3.05, 3.63) is 60.4 Å². The van der Waals surface area contributed by atoms with Gasteiger partial charge in [0.1, 0.15) is 11.6 Å². The molecule has 0 aromatic heterocycles. The first-order chi connectivity index (χ1) is 11.6. The van der Waals surface area contributed by atoms with E-state index in [2.05, 4.69) is 17.0 Å². The van der Waals surface area contributed by atoms with Gasteiger partial charge in [-0.15, -0.1) is 0 Å². The molecule has 0 aliphatic carbocycles. The summed E-state index contributed by atoms with van der Waals surface area (Å²) < 4.78 is 18.5. The topological polar surface area (TPSA) is 32.8 Å². The highest BCUT2D eigenvalue weighted by atomic mass is 19.1. The van der Waals surface area contributed by atoms with Crippen molar-refractivity contribution in [1.82, 2.24) is 4.90 Å². The predicted molar refractivity (Wildman–Crippen MR) is 91.7 cm³/mol. The molecule has 1 saturated heterocycles. The van der Waals surface area contributed by atoms with Crippen LogP contribution >= 0.6 is 0 Å². The molecule has 5 heteroatoms. The molecule has 0 N–H and O–H groups in total. The van der Waals surface area contributed by atoms with Crippen LogP contribution in [0.4, 0.5) is 10.1 Å². The van der Waals surface area contributed by atoms with Crippen LogP contribution in [0.25, 0.3) is 0 Å². The van der Waals surface area contributed by atoms with Crippen LogP contribution in [0.15, 0.2) is 54.6 Å². The largest absolute Gasteiger partial charge is 0.481 e. The van der Waals surface area contributed by atoms with Crippen LogP contribution in [0.5, 0.6) is 5.75 Å². The van der Waals surface area contributed by atoms with Crippen LogP contribution in [0.1, 0.15) is 6.92 Å². The van der Waals surface area contributed by atoms with Crippen LogP contribution in [0.3, 0.4) is 0 Å². The summed E-state index contributed by atoms with van der Waals surface area (Å²) >= 11 is 0. The van der Waals surface area contributed by atoms with Crippen molar-refractivity contribution >= 4 is 11.6 Å². The maximum Gasteiger partial charge on any atom is 0.263 e. The standard InChI is InChI=1S/C19H21FN2O2/c1-15(24-18-9-7-16(20)8-10-18)19(23)22-13-11-21(12-14-22)17-5-3-2-4-6-17/h2-10,15H,11-14H2,1H3. The Balaban J connectivity index is 1.53. The lowest BCUT2D eigenvalue weighted by atomic mass is 10.2. The predicted octanol–water partition coefficient (Wildman–Crippen LogP) is 2.94. The molecule has 1 unspecified atom stereocenters. The van der Waals surface area contributed by atoms with Crippen molar-refractivity contribution in [1.29, 1.82) is 0 Å². The molecular weight excluding hydrogens is 307 g/mol. The Morgan fingerprint density at radius 3 is 2.25 bits per heavy atom. The first kappa shape index (κ1) is 16.3. The summed E-state index contributed by atoms with van der Waals surface area (Å²) in [6.45, 7) is 4.68. The van der Waals surface area contributed by atoms with E-state index in [-0.39, 0.29) is 11.7 Å². The second-order valence-corrected chi connectivity index (χ2v) is 5.86. The summed E-state index contributed by atoms with van der Waals surface area (Å²) in [5.41, 5.74) is 1.18. The highest BCUT2D eigenvalue weighted by molar-refractivity contribution is 5.81. The van der Waals surface area contributed by atoms with E-state index < -0.39 is 6.10 Å². The number of rotatable bonds is 4. The normalized spacial score (nSPS) is 15.9. The summed E-state index contributed by atoms with van der Waals surface area (Å²) in [5.74, 6) is 0.144. The van der Waals surface area contributed by atoms with E-state index in [0.717, 1.165) is 13.1 Å². The molecule has 1 aliphatic rings. The van der Waals surface area contributed by atoms with Crippen molar-refractivity contribution in [2.75, 3.05) is 31.1 Å². The van der Waals surface area contributed by atoms with Gasteiger partial charge in [-0.3, -0.25) is 4.79 Å². The third-order valence-corrected chi connectivity index (χ3v) is 4.19. The fraction of sp³-hybridized carbons (Fsp3) is 0.316. The van der Waals surface area contributed by atoms with Crippen LogP contribution < -0.4 is 9.64 Å². The summed E-state index contributed by atoms with van der Waals surface area (Å²) in [5, 5.41) is 0. The molecule has 2 aromatic carbocycles. The van der Waals surface area contributed by atoms with Gasteiger partial charge >= 0.3 is 0 Å². The van der Waals surface area contributed by atoms with Gasteiger partial charge < -0.3 is 14.5 Å². The molecule has 0 saturated carbocycles. The molecule has 1 fully saturated rings. The summed E-state index contributed by atoms with van der Waals surface area (Å²) in [4.78, 5) is 16.6. The number of halogens is 1. The van der Waals surface area contributed by atoms with E-state index in [0.29, 0.717) is 18.8 Å². The summed E-state index contributed by atoms with van der Waals surface area (Å²) in [7, 11) is 0. The fourth-order valence-electron chi connectivity index (χ4n) is 2.85. The Morgan fingerprint density at radius 1 is 1.00 bits per heavy atom. The smallest absolute Gasteiger partial charge is 0.263 e. The zero-order valence-electron chi connectivity index (χ0n) is 13.7. The molecule has 1 amide bonds. The Bertz CT molecular complexity index is 668. The molecule has 1 atom stereocenters. The maximum atomic E-state index is 12.9. The van der Waals surface area contributed by atoms with E-state index >= 15 is 0 Å². The fourth-order valence-corrected chi connectivity index (χ4v) is 2.85. The Morgan fingerprint density at radius 2 is 1.62 bits per heavy atom. The molecule has 1 heterocycles. The first-order valence-electron chi connectivity index (χ1n) is 8.14.